The van der Waals surface area contributed by atoms with Crippen LogP contribution in [-0.2, 0) is 9.59 Å². The van der Waals surface area contributed by atoms with Crippen molar-refractivity contribution < 1.29 is 19.8 Å². The molecule has 1 fully saturated rings. The number of carboxylic acids is 2. The van der Waals surface area contributed by atoms with Crippen LogP contribution in [0.4, 0.5) is 0 Å². The number of hydrogen-bond acceptors (Lipinski definition) is 2. The van der Waals surface area contributed by atoms with E-state index in [4.69, 9.17) is 10.2 Å². The molecule has 0 bridgehead atoms. The Morgan fingerprint density at radius 2 is 0.789 bits per heavy atom. The molecule has 38 heavy (non-hydrogen) atoms. The number of carbonyl (C=O) groups is 2. The Morgan fingerprint density at radius 1 is 0.526 bits per heavy atom. The van der Waals surface area contributed by atoms with Crippen molar-refractivity contribution in [2.24, 2.45) is 0 Å². The molecule has 0 radical (unpaired) electrons. The van der Waals surface area contributed by atoms with Gasteiger partial charge in [-0.3, -0.25) is 9.59 Å². The second-order valence-corrected chi connectivity index (χ2v) is 9.63. The van der Waals surface area contributed by atoms with Crippen LogP contribution in [0.2, 0.25) is 0 Å². The van der Waals surface area contributed by atoms with Gasteiger partial charge in [0, 0.05) is 0 Å². The molecule has 0 heterocycles. The van der Waals surface area contributed by atoms with E-state index in [0.717, 1.165) is 23.0 Å². The largest absolute Gasteiger partial charge is 0.481 e. The fraction of sp³-hybridized carbons (Fsp3) is 0.235. The van der Waals surface area contributed by atoms with Crippen LogP contribution in [0.15, 0.2) is 121 Å². The monoisotopic (exact) mass is 508 g/mol. The second kappa shape index (κ2) is 14.5. The van der Waals surface area contributed by atoms with Crippen molar-refractivity contribution in [3.8, 4) is 0 Å². The smallest absolute Gasteiger partial charge is 0.310 e. The minimum atomic E-state index is -0.781. The normalized spacial score (nSPS) is 17.2. The van der Waals surface area contributed by atoms with Crippen LogP contribution in [-0.4, -0.2) is 22.2 Å². The molecule has 0 spiro atoms. The Balaban J connectivity index is 0.000000163. The Bertz CT molecular complexity index is 1140. The fourth-order valence-corrected chi connectivity index (χ4v) is 4.38. The maximum Gasteiger partial charge on any atom is 0.310 e. The molecule has 0 aliphatic heterocycles. The first kappa shape index (κ1) is 28.4. The van der Waals surface area contributed by atoms with Crippen molar-refractivity contribution in [2.75, 3.05) is 0 Å². The highest BCUT2D eigenvalue weighted by molar-refractivity contribution is 5.75. The number of aliphatic carboxylic acids is 2. The van der Waals surface area contributed by atoms with Gasteiger partial charge in [-0.1, -0.05) is 121 Å². The number of hydrogen-bond donors (Lipinski definition) is 2. The quantitative estimate of drug-likeness (QED) is 0.276. The first-order valence-electron chi connectivity index (χ1n) is 13.0. The van der Waals surface area contributed by atoms with Crippen LogP contribution >= 0.6 is 0 Å². The second-order valence-electron chi connectivity index (χ2n) is 9.63. The van der Waals surface area contributed by atoms with Gasteiger partial charge in [-0.15, -0.1) is 0 Å². The third-order valence-electron chi connectivity index (χ3n) is 7.02. The summed E-state index contributed by atoms with van der Waals surface area (Å²) in [5.41, 5.74) is 4.71. The maximum absolute atomic E-state index is 10.5. The molecule has 4 nitrogen and oxygen atoms in total. The SMILES string of the molecule is CC(C(=O)O)c1ccccc1.CC(C(=O)O)c1ccccc1.c1ccc(C2CC(c3ccccc3)C2)cc1. The van der Waals surface area contributed by atoms with E-state index in [1.165, 1.54) is 24.0 Å². The van der Waals surface area contributed by atoms with Gasteiger partial charge in [0.15, 0.2) is 0 Å². The summed E-state index contributed by atoms with van der Waals surface area (Å²) in [5, 5.41) is 17.3. The van der Waals surface area contributed by atoms with Crippen molar-refractivity contribution in [3.05, 3.63) is 144 Å². The Kier molecular flexibility index (Phi) is 10.9. The lowest BCUT2D eigenvalue weighted by Gasteiger charge is -2.36. The molecule has 1 aliphatic carbocycles. The minimum absolute atomic E-state index is 0.406. The zero-order chi connectivity index (χ0) is 27.3. The predicted molar refractivity (Wildman–Crippen MR) is 153 cm³/mol. The molecule has 4 aromatic carbocycles. The summed E-state index contributed by atoms with van der Waals surface area (Å²) in [6, 6.07) is 40.2. The molecule has 2 atom stereocenters. The third kappa shape index (κ3) is 8.45. The average Bonchev–Trinajstić information content (AvgIpc) is 2.94. The van der Waals surface area contributed by atoms with Crippen LogP contribution in [0.25, 0.3) is 0 Å². The van der Waals surface area contributed by atoms with Crippen LogP contribution in [0, 0.1) is 0 Å². The van der Waals surface area contributed by atoms with Crippen LogP contribution < -0.4 is 0 Å². The van der Waals surface area contributed by atoms with E-state index < -0.39 is 23.8 Å². The molecule has 1 aliphatic rings. The molecule has 196 valence electrons. The molecule has 0 saturated heterocycles. The van der Waals surface area contributed by atoms with Crippen LogP contribution in [0.1, 0.15) is 72.6 Å². The van der Waals surface area contributed by atoms with Crippen molar-refractivity contribution in [3.63, 3.8) is 0 Å². The molecule has 2 unspecified atom stereocenters. The number of rotatable bonds is 6. The maximum atomic E-state index is 10.5. The van der Waals surface area contributed by atoms with E-state index in [2.05, 4.69) is 60.7 Å². The molecule has 0 amide bonds. The highest BCUT2D eigenvalue weighted by atomic mass is 16.4. The number of carboxylic acid groups (broad SMARTS) is 2. The number of benzene rings is 4. The van der Waals surface area contributed by atoms with Crippen molar-refractivity contribution >= 4 is 11.9 Å². The molecule has 4 aromatic rings. The highest BCUT2D eigenvalue weighted by Crippen LogP contribution is 2.47. The molecule has 0 aromatic heterocycles. The van der Waals surface area contributed by atoms with Gasteiger partial charge in [-0.2, -0.15) is 0 Å². The van der Waals surface area contributed by atoms with Gasteiger partial charge in [0.25, 0.3) is 0 Å². The summed E-state index contributed by atoms with van der Waals surface area (Å²) in [6.07, 6.45) is 2.63. The van der Waals surface area contributed by atoms with Gasteiger partial charge >= 0.3 is 11.9 Å². The minimum Gasteiger partial charge on any atom is -0.481 e. The zero-order valence-electron chi connectivity index (χ0n) is 22.0. The Labute approximate surface area is 225 Å². The molecular weight excluding hydrogens is 472 g/mol. The Hall–Kier alpha value is -4.18. The first-order valence-corrected chi connectivity index (χ1v) is 13.0. The first-order chi connectivity index (χ1) is 18.4. The van der Waals surface area contributed by atoms with Crippen LogP contribution in [0.3, 0.4) is 0 Å². The van der Waals surface area contributed by atoms with Gasteiger partial charge in [0.05, 0.1) is 11.8 Å². The predicted octanol–water partition coefficient (Wildman–Crippen LogP) is 8.10. The lowest BCUT2D eigenvalue weighted by atomic mass is 9.69. The summed E-state index contributed by atoms with van der Waals surface area (Å²) < 4.78 is 0. The Morgan fingerprint density at radius 3 is 1.05 bits per heavy atom. The van der Waals surface area contributed by atoms with Gasteiger partial charge in [0.2, 0.25) is 0 Å². The standard InChI is InChI=1S/C16H16.2C9H10O2/c1-3-7-13(8-4-1)15-11-16(12-15)14-9-5-2-6-10-14;2*1-7(9(10)11)8-5-3-2-4-6-8/h1-10,15-16H,11-12H2;2*2-7H,1H3,(H,10,11). The molecular formula is C34H36O4. The van der Waals surface area contributed by atoms with E-state index in [0.29, 0.717) is 0 Å². The van der Waals surface area contributed by atoms with Gasteiger partial charge in [0.1, 0.15) is 0 Å². The fourth-order valence-electron chi connectivity index (χ4n) is 4.38. The van der Waals surface area contributed by atoms with Gasteiger partial charge < -0.3 is 10.2 Å². The van der Waals surface area contributed by atoms with E-state index in [1.54, 1.807) is 13.8 Å². The lowest BCUT2D eigenvalue weighted by molar-refractivity contribution is -0.139. The van der Waals surface area contributed by atoms with Crippen molar-refractivity contribution in [1.29, 1.82) is 0 Å². The molecule has 2 N–H and O–H groups in total. The summed E-state index contributed by atoms with van der Waals surface area (Å²) >= 11 is 0. The summed E-state index contributed by atoms with van der Waals surface area (Å²) in [7, 11) is 0. The van der Waals surface area contributed by atoms with E-state index in [-0.39, 0.29) is 0 Å². The topological polar surface area (TPSA) is 74.6 Å². The van der Waals surface area contributed by atoms with Gasteiger partial charge in [-0.05, 0) is 60.8 Å². The average molecular weight is 509 g/mol. The van der Waals surface area contributed by atoms with E-state index in [1.807, 2.05) is 60.7 Å². The van der Waals surface area contributed by atoms with E-state index in [9.17, 15) is 9.59 Å². The van der Waals surface area contributed by atoms with Gasteiger partial charge in [-0.25, -0.2) is 0 Å². The molecule has 4 heteroatoms. The zero-order valence-corrected chi connectivity index (χ0v) is 22.0. The van der Waals surface area contributed by atoms with Crippen molar-refractivity contribution in [1.82, 2.24) is 0 Å². The summed E-state index contributed by atoms with van der Waals surface area (Å²) in [4.78, 5) is 21.0. The van der Waals surface area contributed by atoms with Crippen LogP contribution in [0.5, 0.6) is 0 Å². The lowest BCUT2D eigenvalue weighted by Crippen LogP contribution is -2.19. The summed E-state index contributed by atoms with van der Waals surface area (Å²) in [6.45, 7) is 3.36. The highest BCUT2D eigenvalue weighted by Gasteiger charge is 2.30. The van der Waals surface area contributed by atoms with E-state index >= 15 is 0 Å². The summed E-state index contributed by atoms with van der Waals surface area (Å²) in [5.74, 6) is -0.808. The van der Waals surface area contributed by atoms with Crippen molar-refractivity contribution in [2.45, 2.75) is 50.4 Å². The third-order valence-corrected chi connectivity index (χ3v) is 7.02. The molecule has 5 rings (SSSR count). The molecule has 1 saturated carbocycles.